The third kappa shape index (κ3) is 4.08. The number of hydrogen-bond donors (Lipinski definition) is 1. The number of rotatable bonds is 9. The molecule has 2 nitrogen and oxygen atoms in total. The van der Waals surface area contributed by atoms with Crippen LogP contribution in [0, 0.1) is 11.3 Å². The Balaban J connectivity index is 1.78. The molecule has 2 rings (SSSR count). The Morgan fingerprint density at radius 2 is 2.33 bits per heavy atom. The lowest BCUT2D eigenvalue weighted by Crippen LogP contribution is -2.35. The van der Waals surface area contributed by atoms with Crippen molar-refractivity contribution >= 4 is 11.3 Å². The standard InChI is InChI=1S/C15H25NOS/c1-15(13-5-6-13,12-16-9-10-17-2)8-7-14-4-3-11-18-14/h3-4,11,13,16H,5-10,12H2,1-2H3. The van der Waals surface area contributed by atoms with E-state index in [0.717, 1.165) is 25.6 Å². The fraction of sp³-hybridized carbons (Fsp3) is 0.733. The molecule has 0 spiro atoms. The highest BCUT2D eigenvalue weighted by molar-refractivity contribution is 7.09. The fourth-order valence-corrected chi connectivity index (χ4v) is 3.34. The van der Waals surface area contributed by atoms with Crippen molar-refractivity contribution < 1.29 is 4.74 Å². The number of nitrogens with one attached hydrogen (secondary N) is 1. The maximum Gasteiger partial charge on any atom is 0.0587 e. The molecule has 0 amide bonds. The third-order valence-electron chi connectivity index (χ3n) is 4.10. The van der Waals surface area contributed by atoms with Crippen LogP contribution in [0.3, 0.4) is 0 Å². The zero-order valence-corrected chi connectivity index (χ0v) is 12.4. The minimum absolute atomic E-state index is 0.470. The lowest BCUT2D eigenvalue weighted by molar-refractivity contribution is 0.184. The summed E-state index contributed by atoms with van der Waals surface area (Å²) < 4.78 is 5.09. The molecule has 1 atom stereocenters. The zero-order valence-electron chi connectivity index (χ0n) is 11.6. The Labute approximate surface area is 115 Å². The highest BCUT2D eigenvalue weighted by Crippen LogP contribution is 2.47. The van der Waals surface area contributed by atoms with Gasteiger partial charge in [0.15, 0.2) is 0 Å². The fourth-order valence-electron chi connectivity index (χ4n) is 2.63. The first-order valence-electron chi connectivity index (χ1n) is 6.97. The van der Waals surface area contributed by atoms with Crippen LogP contribution in [0.1, 0.15) is 31.1 Å². The Bertz CT molecular complexity index is 334. The molecular weight excluding hydrogens is 242 g/mol. The van der Waals surface area contributed by atoms with Crippen molar-refractivity contribution in [1.82, 2.24) is 5.32 Å². The monoisotopic (exact) mass is 267 g/mol. The van der Waals surface area contributed by atoms with E-state index >= 15 is 0 Å². The van der Waals surface area contributed by atoms with E-state index in [1.807, 2.05) is 11.3 Å². The van der Waals surface area contributed by atoms with Gasteiger partial charge < -0.3 is 10.1 Å². The van der Waals surface area contributed by atoms with Gasteiger partial charge in [-0.25, -0.2) is 0 Å². The number of hydrogen-bond acceptors (Lipinski definition) is 3. The largest absolute Gasteiger partial charge is 0.383 e. The van der Waals surface area contributed by atoms with Crippen molar-refractivity contribution in [2.24, 2.45) is 11.3 Å². The van der Waals surface area contributed by atoms with E-state index in [-0.39, 0.29) is 0 Å². The molecule has 1 unspecified atom stereocenters. The summed E-state index contributed by atoms with van der Waals surface area (Å²) in [5, 5.41) is 5.74. The Morgan fingerprint density at radius 1 is 1.50 bits per heavy atom. The first-order valence-corrected chi connectivity index (χ1v) is 7.84. The van der Waals surface area contributed by atoms with E-state index in [0.29, 0.717) is 5.41 Å². The average molecular weight is 267 g/mol. The molecule has 18 heavy (non-hydrogen) atoms. The normalized spacial score (nSPS) is 18.8. The molecule has 1 heterocycles. The van der Waals surface area contributed by atoms with Crippen LogP contribution in [0.25, 0.3) is 0 Å². The lowest BCUT2D eigenvalue weighted by atomic mass is 9.80. The molecule has 102 valence electrons. The summed E-state index contributed by atoms with van der Waals surface area (Å²) >= 11 is 1.89. The van der Waals surface area contributed by atoms with Gasteiger partial charge in [0.05, 0.1) is 6.61 Å². The Hall–Kier alpha value is -0.380. The number of methoxy groups -OCH3 is 1. The predicted molar refractivity (Wildman–Crippen MR) is 78.2 cm³/mol. The summed E-state index contributed by atoms with van der Waals surface area (Å²) in [6, 6.07) is 4.42. The second-order valence-corrected chi connectivity index (χ2v) is 6.71. The summed E-state index contributed by atoms with van der Waals surface area (Å²) in [6.45, 7) is 5.37. The van der Waals surface area contributed by atoms with Crippen LogP contribution in [0.15, 0.2) is 17.5 Å². The van der Waals surface area contributed by atoms with Crippen molar-refractivity contribution in [2.75, 3.05) is 26.8 Å². The Kier molecular flexibility index (Phi) is 5.22. The van der Waals surface area contributed by atoms with Crippen molar-refractivity contribution in [3.8, 4) is 0 Å². The first-order chi connectivity index (χ1) is 8.74. The lowest BCUT2D eigenvalue weighted by Gasteiger charge is -2.30. The molecule has 1 aliphatic carbocycles. The van der Waals surface area contributed by atoms with Gasteiger partial charge >= 0.3 is 0 Å². The number of thiophene rings is 1. The minimum Gasteiger partial charge on any atom is -0.383 e. The van der Waals surface area contributed by atoms with Gasteiger partial charge in [0.25, 0.3) is 0 Å². The van der Waals surface area contributed by atoms with Gasteiger partial charge in [-0.1, -0.05) is 13.0 Å². The molecular formula is C15H25NOS. The summed E-state index contributed by atoms with van der Waals surface area (Å²) in [4.78, 5) is 1.53. The first kappa shape index (κ1) is 14.0. The van der Waals surface area contributed by atoms with Crippen LogP contribution in [0.4, 0.5) is 0 Å². The van der Waals surface area contributed by atoms with E-state index in [1.165, 1.54) is 30.6 Å². The maximum absolute atomic E-state index is 5.09. The molecule has 1 aromatic rings. The van der Waals surface area contributed by atoms with Crippen LogP contribution in [-0.2, 0) is 11.2 Å². The van der Waals surface area contributed by atoms with Crippen LogP contribution in [0.2, 0.25) is 0 Å². The smallest absolute Gasteiger partial charge is 0.0587 e. The van der Waals surface area contributed by atoms with Gasteiger partial charge in [-0.3, -0.25) is 0 Å². The van der Waals surface area contributed by atoms with Crippen molar-refractivity contribution in [1.29, 1.82) is 0 Å². The van der Waals surface area contributed by atoms with Crippen molar-refractivity contribution in [3.05, 3.63) is 22.4 Å². The second-order valence-electron chi connectivity index (χ2n) is 5.68. The summed E-state index contributed by atoms with van der Waals surface area (Å²) in [7, 11) is 1.76. The topological polar surface area (TPSA) is 21.3 Å². The molecule has 1 aromatic heterocycles. The molecule has 3 heteroatoms. The van der Waals surface area contributed by atoms with Crippen LogP contribution >= 0.6 is 11.3 Å². The highest BCUT2D eigenvalue weighted by atomic mass is 32.1. The second kappa shape index (κ2) is 6.69. The molecule has 1 saturated carbocycles. The van der Waals surface area contributed by atoms with E-state index < -0.39 is 0 Å². The molecule has 0 radical (unpaired) electrons. The van der Waals surface area contributed by atoms with Gasteiger partial charge in [0.1, 0.15) is 0 Å². The van der Waals surface area contributed by atoms with Crippen LogP contribution in [0.5, 0.6) is 0 Å². The van der Waals surface area contributed by atoms with E-state index in [4.69, 9.17) is 4.74 Å². The summed E-state index contributed by atoms with van der Waals surface area (Å²) in [5.41, 5.74) is 0.470. The van der Waals surface area contributed by atoms with Crippen LogP contribution < -0.4 is 5.32 Å². The van der Waals surface area contributed by atoms with E-state index in [2.05, 4.69) is 29.8 Å². The Morgan fingerprint density at radius 3 is 2.94 bits per heavy atom. The number of ether oxygens (including phenoxy) is 1. The van der Waals surface area contributed by atoms with Crippen LogP contribution in [-0.4, -0.2) is 26.8 Å². The molecule has 1 N–H and O–H groups in total. The van der Waals surface area contributed by atoms with Gasteiger partial charge in [0, 0.05) is 25.1 Å². The van der Waals surface area contributed by atoms with E-state index in [1.54, 1.807) is 7.11 Å². The van der Waals surface area contributed by atoms with Crippen molar-refractivity contribution in [3.63, 3.8) is 0 Å². The SMILES string of the molecule is COCCNCC(C)(CCc1cccs1)C1CC1. The predicted octanol–water partition coefficient (Wildman–Crippen LogP) is 3.33. The van der Waals surface area contributed by atoms with Gasteiger partial charge in [-0.15, -0.1) is 11.3 Å². The van der Waals surface area contributed by atoms with Crippen molar-refractivity contribution in [2.45, 2.75) is 32.6 Å². The summed E-state index contributed by atoms with van der Waals surface area (Å²) in [5.74, 6) is 0.938. The quantitative estimate of drug-likeness (QED) is 0.693. The molecule has 0 aromatic carbocycles. The number of aryl methyl sites for hydroxylation is 1. The van der Waals surface area contributed by atoms with Gasteiger partial charge in [-0.2, -0.15) is 0 Å². The minimum atomic E-state index is 0.470. The third-order valence-corrected chi connectivity index (χ3v) is 5.03. The zero-order chi connectivity index (χ0) is 12.8. The highest BCUT2D eigenvalue weighted by Gasteiger charge is 2.40. The molecule has 1 aliphatic rings. The molecule has 0 saturated heterocycles. The maximum atomic E-state index is 5.09. The van der Waals surface area contributed by atoms with Gasteiger partial charge in [-0.05, 0) is 48.5 Å². The molecule has 1 fully saturated rings. The average Bonchev–Trinajstić information content (AvgIpc) is 3.11. The summed E-state index contributed by atoms with van der Waals surface area (Å²) in [6.07, 6.45) is 5.38. The molecule has 0 aliphatic heterocycles. The van der Waals surface area contributed by atoms with E-state index in [9.17, 15) is 0 Å². The molecule has 0 bridgehead atoms. The van der Waals surface area contributed by atoms with Gasteiger partial charge in [0.2, 0.25) is 0 Å².